The Morgan fingerprint density at radius 1 is 1.35 bits per heavy atom. The average Bonchev–Trinajstić information content (AvgIpc) is 2.92. The van der Waals surface area contributed by atoms with Gasteiger partial charge in [0, 0.05) is 6.04 Å². The molecule has 0 aromatic heterocycles. The maximum absolute atomic E-state index is 11.9. The molecule has 1 aliphatic rings. The minimum atomic E-state index is -0.110. The fourth-order valence-electron chi connectivity index (χ4n) is 2.64. The van der Waals surface area contributed by atoms with Gasteiger partial charge in [-0.05, 0) is 37.4 Å². The molecule has 5 nitrogen and oxygen atoms in total. The predicted octanol–water partition coefficient (Wildman–Crippen LogP) is 1.32. The van der Waals surface area contributed by atoms with E-state index in [-0.39, 0.29) is 18.6 Å². The van der Waals surface area contributed by atoms with Crippen molar-refractivity contribution in [3.63, 3.8) is 0 Å². The van der Waals surface area contributed by atoms with Crippen LogP contribution in [-0.4, -0.2) is 32.2 Å². The Balaban J connectivity index is 1.83. The molecule has 1 fully saturated rings. The number of methoxy groups -OCH3 is 1. The monoisotopic (exact) mass is 278 g/mol. The molecule has 2 unspecified atom stereocenters. The third kappa shape index (κ3) is 3.63. The molecule has 1 saturated carbocycles. The molecule has 5 heteroatoms. The number of hydrogen-bond donors (Lipinski definition) is 2. The van der Waals surface area contributed by atoms with Crippen LogP contribution >= 0.6 is 0 Å². The van der Waals surface area contributed by atoms with Crippen LogP contribution in [0.25, 0.3) is 0 Å². The van der Waals surface area contributed by atoms with E-state index in [0.29, 0.717) is 24.0 Å². The lowest BCUT2D eigenvalue weighted by Gasteiger charge is -2.19. The van der Waals surface area contributed by atoms with Crippen molar-refractivity contribution in [2.45, 2.75) is 25.3 Å². The van der Waals surface area contributed by atoms with Crippen molar-refractivity contribution in [2.75, 3.05) is 20.3 Å². The van der Waals surface area contributed by atoms with Crippen LogP contribution in [-0.2, 0) is 4.79 Å². The van der Waals surface area contributed by atoms with Gasteiger partial charge in [-0.1, -0.05) is 18.6 Å². The van der Waals surface area contributed by atoms with Crippen molar-refractivity contribution in [1.82, 2.24) is 5.32 Å². The summed E-state index contributed by atoms with van der Waals surface area (Å²) in [5.41, 5.74) is 5.70. The Labute approximate surface area is 119 Å². The molecule has 2 rings (SSSR count). The lowest BCUT2D eigenvalue weighted by Crippen LogP contribution is -2.42. The van der Waals surface area contributed by atoms with E-state index in [1.165, 1.54) is 0 Å². The van der Waals surface area contributed by atoms with E-state index in [1.54, 1.807) is 19.2 Å². The normalized spacial score (nSPS) is 21.5. The maximum atomic E-state index is 11.9. The zero-order chi connectivity index (χ0) is 14.4. The number of rotatable bonds is 6. The number of benzene rings is 1. The highest BCUT2D eigenvalue weighted by atomic mass is 16.5. The van der Waals surface area contributed by atoms with Gasteiger partial charge >= 0.3 is 0 Å². The van der Waals surface area contributed by atoms with Crippen LogP contribution in [0.1, 0.15) is 19.3 Å². The summed E-state index contributed by atoms with van der Waals surface area (Å²) in [6, 6.07) is 7.47. The van der Waals surface area contributed by atoms with Gasteiger partial charge in [-0.3, -0.25) is 4.79 Å². The first-order valence-corrected chi connectivity index (χ1v) is 7.00. The van der Waals surface area contributed by atoms with Crippen LogP contribution in [0.5, 0.6) is 11.5 Å². The Hall–Kier alpha value is -1.75. The number of hydrogen-bond acceptors (Lipinski definition) is 4. The molecule has 0 heterocycles. The second-order valence-electron chi connectivity index (χ2n) is 5.04. The number of ether oxygens (including phenoxy) is 2. The lowest BCUT2D eigenvalue weighted by atomic mass is 10.0. The van der Waals surface area contributed by atoms with E-state index in [9.17, 15) is 4.79 Å². The third-order valence-electron chi connectivity index (χ3n) is 3.74. The van der Waals surface area contributed by atoms with Crippen molar-refractivity contribution in [1.29, 1.82) is 0 Å². The topological polar surface area (TPSA) is 73.6 Å². The summed E-state index contributed by atoms with van der Waals surface area (Å²) in [7, 11) is 1.58. The van der Waals surface area contributed by atoms with Crippen molar-refractivity contribution >= 4 is 5.91 Å². The van der Waals surface area contributed by atoms with Gasteiger partial charge in [0.25, 0.3) is 5.91 Å². The number of para-hydroxylation sites is 2. The van der Waals surface area contributed by atoms with Crippen LogP contribution in [0.2, 0.25) is 0 Å². The van der Waals surface area contributed by atoms with Crippen molar-refractivity contribution in [2.24, 2.45) is 11.7 Å². The molecule has 1 aromatic carbocycles. The van der Waals surface area contributed by atoms with Crippen LogP contribution < -0.4 is 20.5 Å². The quantitative estimate of drug-likeness (QED) is 0.823. The van der Waals surface area contributed by atoms with E-state index in [2.05, 4.69) is 5.32 Å². The SMILES string of the molecule is COc1ccccc1OCC(=O)NC1CCCC1CN. The first-order valence-electron chi connectivity index (χ1n) is 7.00. The molecule has 0 spiro atoms. The van der Waals surface area contributed by atoms with Crippen LogP contribution in [0.15, 0.2) is 24.3 Å². The molecule has 110 valence electrons. The summed E-state index contributed by atoms with van der Waals surface area (Å²) < 4.78 is 10.7. The van der Waals surface area contributed by atoms with E-state index >= 15 is 0 Å². The first kappa shape index (κ1) is 14.7. The van der Waals surface area contributed by atoms with Crippen LogP contribution in [0.3, 0.4) is 0 Å². The molecule has 0 saturated heterocycles. The minimum absolute atomic E-state index is 0.00579. The van der Waals surface area contributed by atoms with Gasteiger partial charge in [0.1, 0.15) is 0 Å². The lowest BCUT2D eigenvalue weighted by molar-refractivity contribution is -0.124. The van der Waals surface area contributed by atoms with E-state index in [4.69, 9.17) is 15.2 Å². The second kappa shape index (κ2) is 7.14. The molecule has 2 atom stereocenters. The summed E-state index contributed by atoms with van der Waals surface area (Å²) in [5, 5.41) is 3.00. The molecule has 1 aromatic rings. The highest BCUT2D eigenvalue weighted by Gasteiger charge is 2.27. The summed E-state index contributed by atoms with van der Waals surface area (Å²) in [5.74, 6) is 1.49. The standard InChI is InChI=1S/C15H22N2O3/c1-19-13-7-2-3-8-14(13)20-10-15(18)17-12-6-4-5-11(12)9-16/h2-3,7-8,11-12H,4-6,9-10,16H2,1H3,(H,17,18). The number of carbonyl (C=O) groups excluding carboxylic acids is 1. The Morgan fingerprint density at radius 2 is 2.10 bits per heavy atom. The van der Waals surface area contributed by atoms with Gasteiger partial charge in [0.2, 0.25) is 0 Å². The molecule has 1 aliphatic carbocycles. The van der Waals surface area contributed by atoms with Crippen molar-refractivity contribution < 1.29 is 14.3 Å². The molecule has 20 heavy (non-hydrogen) atoms. The maximum Gasteiger partial charge on any atom is 0.258 e. The Bertz CT molecular complexity index is 450. The summed E-state index contributed by atoms with van der Waals surface area (Å²) in [6.45, 7) is 0.618. The highest BCUT2D eigenvalue weighted by molar-refractivity contribution is 5.78. The first-order chi connectivity index (χ1) is 9.74. The van der Waals surface area contributed by atoms with E-state index in [1.807, 2.05) is 12.1 Å². The Morgan fingerprint density at radius 3 is 2.80 bits per heavy atom. The zero-order valence-corrected chi connectivity index (χ0v) is 11.8. The van der Waals surface area contributed by atoms with Gasteiger partial charge in [-0.25, -0.2) is 0 Å². The minimum Gasteiger partial charge on any atom is -0.493 e. The number of carbonyl (C=O) groups is 1. The average molecular weight is 278 g/mol. The fraction of sp³-hybridized carbons (Fsp3) is 0.533. The molecule has 1 amide bonds. The molecular weight excluding hydrogens is 256 g/mol. The molecular formula is C15H22N2O3. The van der Waals surface area contributed by atoms with Gasteiger partial charge in [0.05, 0.1) is 7.11 Å². The fourth-order valence-corrected chi connectivity index (χ4v) is 2.64. The summed E-state index contributed by atoms with van der Waals surface area (Å²) in [6.07, 6.45) is 3.22. The smallest absolute Gasteiger partial charge is 0.258 e. The van der Waals surface area contributed by atoms with Crippen LogP contribution in [0, 0.1) is 5.92 Å². The van der Waals surface area contributed by atoms with Gasteiger partial charge in [-0.2, -0.15) is 0 Å². The third-order valence-corrected chi connectivity index (χ3v) is 3.74. The summed E-state index contributed by atoms with van der Waals surface area (Å²) in [4.78, 5) is 11.9. The highest BCUT2D eigenvalue weighted by Crippen LogP contribution is 2.26. The van der Waals surface area contributed by atoms with Crippen LogP contribution in [0.4, 0.5) is 0 Å². The zero-order valence-electron chi connectivity index (χ0n) is 11.8. The van der Waals surface area contributed by atoms with Crippen molar-refractivity contribution in [3.05, 3.63) is 24.3 Å². The van der Waals surface area contributed by atoms with Gasteiger partial charge in [-0.15, -0.1) is 0 Å². The molecule has 3 N–H and O–H groups in total. The molecule has 0 aliphatic heterocycles. The predicted molar refractivity (Wildman–Crippen MR) is 76.8 cm³/mol. The van der Waals surface area contributed by atoms with E-state index < -0.39 is 0 Å². The van der Waals surface area contributed by atoms with E-state index in [0.717, 1.165) is 19.3 Å². The number of amides is 1. The number of nitrogens with one attached hydrogen (secondary N) is 1. The van der Waals surface area contributed by atoms with Crippen molar-refractivity contribution in [3.8, 4) is 11.5 Å². The number of nitrogens with two attached hydrogens (primary N) is 1. The second-order valence-corrected chi connectivity index (χ2v) is 5.04. The molecule has 0 radical (unpaired) electrons. The summed E-state index contributed by atoms with van der Waals surface area (Å²) >= 11 is 0. The molecule has 0 bridgehead atoms. The largest absolute Gasteiger partial charge is 0.493 e. The Kier molecular flexibility index (Phi) is 5.24. The van der Waals surface area contributed by atoms with Gasteiger partial charge in [0.15, 0.2) is 18.1 Å². The van der Waals surface area contributed by atoms with Gasteiger partial charge < -0.3 is 20.5 Å².